The van der Waals surface area contributed by atoms with Crippen molar-refractivity contribution in [1.82, 2.24) is 24.9 Å². The van der Waals surface area contributed by atoms with Crippen LogP contribution in [0.5, 0.6) is 0 Å². The number of piperazine rings is 1. The monoisotopic (exact) mass is 343 g/mol. The Morgan fingerprint density at radius 1 is 1.16 bits per heavy atom. The van der Waals surface area contributed by atoms with Gasteiger partial charge in [-0.3, -0.25) is 14.4 Å². The largest absolute Gasteiger partial charge is 0.353 e. The summed E-state index contributed by atoms with van der Waals surface area (Å²) in [5.74, 6) is 0.0588. The number of para-hydroxylation sites is 1. The van der Waals surface area contributed by atoms with E-state index in [1.54, 1.807) is 0 Å². The number of nitrogens with one attached hydrogen (secondary N) is 1. The Kier molecular flexibility index (Phi) is 6.04. The van der Waals surface area contributed by atoms with E-state index < -0.39 is 0 Å². The van der Waals surface area contributed by atoms with Crippen LogP contribution >= 0.6 is 0 Å². The van der Waals surface area contributed by atoms with E-state index >= 15 is 0 Å². The molecule has 6 heteroatoms. The molecule has 0 saturated carbocycles. The van der Waals surface area contributed by atoms with Gasteiger partial charge in [-0.1, -0.05) is 32.0 Å². The number of hydrogen-bond donors (Lipinski definition) is 1. The lowest BCUT2D eigenvalue weighted by atomic mass is 10.2. The van der Waals surface area contributed by atoms with Crippen molar-refractivity contribution in [1.29, 1.82) is 0 Å². The number of likely N-dealkylation sites (N-methyl/N-ethyl adjacent to an activating group) is 1. The molecule has 0 radical (unpaired) electrons. The lowest BCUT2D eigenvalue weighted by Gasteiger charge is -2.34. The van der Waals surface area contributed by atoms with E-state index in [1.807, 2.05) is 42.1 Å². The average molecular weight is 343 g/mol. The van der Waals surface area contributed by atoms with E-state index in [9.17, 15) is 4.79 Å². The van der Waals surface area contributed by atoms with Gasteiger partial charge in [0.25, 0.3) is 0 Å². The van der Waals surface area contributed by atoms with Gasteiger partial charge in [0, 0.05) is 44.7 Å². The zero-order valence-corrected chi connectivity index (χ0v) is 15.3. The summed E-state index contributed by atoms with van der Waals surface area (Å²) in [6, 6.07) is 7.77. The Labute approximate surface area is 149 Å². The highest BCUT2D eigenvalue weighted by molar-refractivity contribution is 5.84. The van der Waals surface area contributed by atoms with Crippen molar-refractivity contribution in [2.75, 3.05) is 45.8 Å². The molecule has 0 aliphatic carbocycles. The minimum Gasteiger partial charge on any atom is -0.353 e. The van der Waals surface area contributed by atoms with Crippen LogP contribution in [0.4, 0.5) is 0 Å². The van der Waals surface area contributed by atoms with Crippen molar-refractivity contribution in [2.24, 2.45) is 0 Å². The van der Waals surface area contributed by atoms with E-state index in [0.717, 1.165) is 56.6 Å². The second-order valence-corrected chi connectivity index (χ2v) is 6.64. The second-order valence-electron chi connectivity index (χ2n) is 6.64. The van der Waals surface area contributed by atoms with Gasteiger partial charge in [0.2, 0.25) is 5.91 Å². The van der Waals surface area contributed by atoms with E-state index in [1.165, 1.54) is 0 Å². The van der Waals surface area contributed by atoms with Crippen LogP contribution in [0, 0.1) is 0 Å². The number of amides is 1. The van der Waals surface area contributed by atoms with Gasteiger partial charge in [0.05, 0.1) is 11.7 Å². The first-order valence-corrected chi connectivity index (χ1v) is 9.37. The lowest BCUT2D eigenvalue weighted by Crippen LogP contribution is -2.48. The molecule has 1 atom stereocenters. The molecule has 2 heterocycles. The number of nitrogens with zero attached hydrogens (tertiary/aromatic N) is 4. The predicted molar refractivity (Wildman–Crippen MR) is 101 cm³/mol. The molecular weight excluding hydrogens is 314 g/mol. The van der Waals surface area contributed by atoms with Crippen LogP contribution in [0.25, 0.3) is 10.9 Å². The molecule has 136 valence electrons. The van der Waals surface area contributed by atoms with Crippen molar-refractivity contribution in [3.05, 3.63) is 30.5 Å². The molecule has 3 rings (SSSR count). The number of aromatic nitrogens is 2. The molecule has 0 spiro atoms. The third-order valence-electron chi connectivity index (χ3n) is 5.13. The first kappa shape index (κ1) is 17.9. The highest BCUT2D eigenvalue weighted by Gasteiger charge is 2.21. The third-order valence-corrected chi connectivity index (χ3v) is 5.13. The average Bonchev–Trinajstić information content (AvgIpc) is 3.07. The minimum absolute atomic E-state index is 0.0588. The number of benzene rings is 1. The highest BCUT2D eigenvalue weighted by atomic mass is 16.2. The summed E-state index contributed by atoms with van der Waals surface area (Å²) in [7, 11) is 0. The number of carbonyl (C=O) groups is 1. The summed E-state index contributed by atoms with van der Waals surface area (Å²) in [5, 5.41) is 8.62. The fourth-order valence-electron chi connectivity index (χ4n) is 3.49. The Morgan fingerprint density at radius 3 is 2.60 bits per heavy atom. The van der Waals surface area contributed by atoms with Crippen LogP contribution in [-0.4, -0.2) is 71.3 Å². The van der Waals surface area contributed by atoms with Gasteiger partial charge in [-0.05, 0) is 19.0 Å². The highest BCUT2D eigenvalue weighted by Crippen LogP contribution is 2.19. The maximum Gasteiger partial charge on any atom is 0.244 e. The number of rotatable bonds is 7. The second kappa shape index (κ2) is 8.45. The molecule has 1 aliphatic rings. The SMILES string of the molecule is CCC(C(=O)NCCN1CCN(CC)CC1)n1ncc2ccccc21. The van der Waals surface area contributed by atoms with Gasteiger partial charge in [-0.25, -0.2) is 0 Å². The first-order chi connectivity index (χ1) is 12.2. The molecule has 1 unspecified atom stereocenters. The maximum absolute atomic E-state index is 12.7. The lowest BCUT2D eigenvalue weighted by molar-refractivity contribution is -0.124. The number of carbonyl (C=O) groups excluding carboxylic acids is 1. The van der Waals surface area contributed by atoms with E-state index in [2.05, 4.69) is 27.1 Å². The fourth-order valence-corrected chi connectivity index (χ4v) is 3.49. The molecule has 25 heavy (non-hydrogen) atoms. The van der Waals surface area contributed by atoms with Crippen LogP contribution in [0.2, 0.25) is 0 Å². The van der Waals surface area contributed by atoms with Gasteiger partial charge in [0.1, 0.15) is 6.04 Å². The summed E-state index contributed by atoms with van der Waals surface area (Å²) in [6.07, 6.45) is 2.56. The van der Waals surface area contributed by atoms with Gasteiger partial charge < -0.3 is 10.2 Å². The summed E-state index contributed by atoms with van der Waals surface area (Å²) >= 11 is 0. The van der Waals surface area contributed by atoms with Gasteiger partial charge in [0.15, 0.2) is 0 Å². The topological polar surface area (TPSA) is 53.4 Å². The van der Waals surface area contributed by atoms with Crippen molar-refractivity contribution < 1.29 is 4.79 Å². The summed E-state index contributed by atoms with van der Waals surface area (Å²) in [5.41, 5.74) is 1.01. The summed E-state index contributed by atoms with van der Waals surface area (Å²) in [6.45, 7) is 11.4. The zero-order valence-electron chi connectivity index (χ0n) is 15.3. The van der Waals surface area contributed by atoms with Crippen LogP contribution in [0.1, 0.15) is 26.3 Å². The number of hydrogen-bond acceptors (Lipinski definition) is 4. The molecule has 1 saturated heterocycles. The molecule has 6 nitrogen and oxygen atoms in total. The minimum atomic E-state index is -0.253. The molecular formula is C19H29N5O. The van der Waals surface area contributed by atoms with Crippen LogP contribution in [-0.2, 0) is 4.79 Å². The Balaban J connectivity index is 1.53. The van der Waals surface area contributed by atoms with E-state index in [4.69, 9.17) is 0 Å². The molecule has 1 aromatic heterocycles. The Hall–Kier alpha value is -1.92. The summed E-state index contributed by atoms with van der Waals surface area (Å²) < 4.78 is 1.85. The van der Waals surface area contributed by atoms with Crippen LogP contribution < -0.4 is 5.32 Å². The molecule has 0 bridgehead atoms. The van der Waals surface area contributed by atoms with Gasteiger partial charge in [-0.2, -0.15) is 5.10 Å². The Morgan fingerprint density at radius 2 is 1.88 bits per heavy atom. The predicted octanol–water partition coefficient (Wildman–Crippen LogP) is 1.74. The van der Waals surface area contributed by atoms with Crippen molar-refractivity contribution in [2.45, 2.75) is 26.3 Å². The van der Waals surface area contributed by atoms with E-state index in [-0.39, 0.29) is 11.9 Å². The van der Waals surface area contributed by atoms with Gasteiger partial charge >= 0.3 is 0 Å². The van der Waals surface area contributed by atoms with Crippen molar-refractivity contribution >= 4 is 16.8 Å². The molecule has 1 amide bonds. The van der Waals surface area contributed by atoms with E-state index in [0.29, 0.717) is 6.54 Å². The normalized spacial score (nSPS) is 17.7. The van der Waals surface area contributed by atoms with Crippen LogP contribution in [0.15, 0.2) is 30.5 Å². The van der Waals surface area contributed by atoms with Gasteiger partial charge in [-0.15, -0.1) is 0 Å². The van der Waals surface area contributed by atoms with Crippen molar-refractivity contribution in [3.63, 3.8) is 0 Å². The summed E-state index contributed by atoms with van der Waals surface area (Å²) in [4.78, 5) is 17.5. The number of fused-ring (bicyclic) bond motifs is 1. The molecule has 1 aliphatic heterocycles. The smallest absolute Gasteiger partial charge is 0.244 e. The first-order valence-electron chi connectivity index (χ1n) is 9.37. The Bertz CT molecular complexity index is 690. The molecule has 1 aromatic carbocycles. The third kappa shape index (κ3) is 4.19. The van der Waals surface area contributed by atoms with Crippen LogP contribution in [0.3, 0.4) is 0 Å². The standard InChI is InChI=1S/C19H29N5O/c1-3-17(24-18-8-6-5-7-16(18)15-21-24)19(25)20-9-10-23-13-11-22(4-2)12-14-23/h5-8,15,17H,3-4,9-14H2,1-2H3,(H,20,25). The zero-order chi connectivity index (χ0) is 17.6. The maximum atomic E-state index is 12.7. The molecule has 1 N–H and O–H groups in total. The molecule has 1 fully saturated rings. The van der Waals surface area contributed by atoms with Crippen molar-refractivity contribution in [3.8, 4) is 0 Å². The quantitative estimate of drug-likeness (QED) is 0.832. The molecule has 2 aromatic rings. The fraction of sp³-hybridized carbons (Fsp3) is 0.579.